The van der Waals surface area contributed by atoms with E-state index in [1.54, 1.807) is 29.2 Å². The van der Waals surface area contributed by atoms with Gasteiger partial charge in [-0.3, -0.25) is 4.79 Å². The number of ether oxygens (including phenoxy) is 1. The number of hydrogen-bond acceptors (Lipinski definition) is 5. The van der Waals surface area contributed by atoms with Crippen molar-refractivity contribution in [3.8, 4) is 0 Å². The van der Waals surface area contributed by atoms with Crippen LogP contribution in [-0.2, 0) is 16.5 Å². The summed E-state index contributed by atoms with van der Waals surface area (Å²) < 4.78 is 43.0. The summed E-state index contributed by atoms with van der Waals surface area (Å²) in [5.41, 5.74) is -0.504. The van der Waals surface area contributed by atoms with E-state index >= 15 is 0 Å². The van der Waals surface area contributed by atoms with Crippen molar-refractivity contribution in [3.05, 3.63) is 59.3 Å². The SMILES string of the molecule is O=C(c1ccc(C2(O)COC2)cc1)N1CCN(c2ccc(C(F)(F)F)cn2)CC1. The molecule has 1 amide bonds. The lowest BCUT2D eigenvalue weighted by Gasteiger charge is -2.37. The molecule has 2 fully saturated rings. The van der Waals surface area contributed by atoms with Gasteiger partial charge in [-0.1, -0.05) is 12.1 Å². The molecule has 3 heterocycles. The summed E-state index contributed by atoms with van der Waals surface area (Å²) in [6.07, 6.45) is -3.58. The Kier molecular flexibility index (Phi) is 4.95. The van der Waals surface area contributed by atoms with Crippen LogP contribution in [0.4, 0.5) is 19.0 Å². The summed E-state index contributed by atoms with van der Waals surface area (Å²) in [4.78, 5) is 20.2. The van der Waals surface area contributed by atoms with Crippen LogP contribution in [0.5, 0.6) is 0 Å². The number of carbonyl (C=O) groups is 1. The van der Waals surface area contributed by atoms with Crippen LogP contribution in [0.2, 0.25) is 0 Å². The Bertz CT molecular complexity index is 873. The van der Waals surface area contributed by atoms with Gasteiger partial charge in [-0.05, 0) is 29.8 Å². The number of nitrogens with zero attached hydrogens (tertiary/aromatic N) is 3. The molecule has 2 aromatic rings. The Balaban J connectivity index is 1.36. The summed E-state index contributed by atoms with van der Waals surface area (Å²) in [5.74, 6) is 0.346. The predicted molar refractivity (Wildman–Crippen MR) is 98.5 cm³/mol. The van der Waals surface area contributed by atoms with Gasteiger partial charge < -0.3 is 19.6 Å². The van der Waals surface area contributed by atoms with Crippen molar-refractivity contribution < 1.29 is 27.8 Å². The number of pyridine rings is 1. The second kappa shape index (κ2) is 7.31. The fraction of sp³-hybridized carbons (Fsp3) is 0.400. The van der Waals surface area contributed by atoms with Gasteiger partial charge in [0.15, 0.2) is 0 Å². The van der Waals surface area contributed by atoms with Crippen molar-refractivity contribution in [3.63, 3.8) is 0 Å². The molecular weight excluding hydrogens is 387 g/mol. The Hall–Kier alpha value is -2.65. The van der Waals surface area contributed by atoms with E-state index in [1.165, 1.54) is 6.07 Å². The molecule has 2 aliphatic rings. The maximum Gasteiger partial charge on any atom is 0.417 e. The molecule has 1 N–H and O–H groups in total. The van der Waals surface area contributed by atoms with E-state index in [0.717, 1.165) is 17.8 Å². The lowest BCUT2D eigenvalue weighted by Crippen LogP contribution is -2.49. The minimum absolute atomic E-state index is 0.117. The van der Waals surface area contributed by atoms with Crippen LogP contribution in [0.1, 0.15) is 21.5 Å². The van der Waals surface area contributed by atoms with Gasteiger partial charge >= 0.3 is 6.18 Å². The first-order valence-electron chi connectivity index (χ1n) is 9.24. The summed E-state index contributed by atoms with van der Waals surface area (Å²) in [6.45, 7) is 2.36. The molecule has 0 bridgehead atoms. The van der Waals surface area contributed by atoms with Crippen molar-refractivity contribution in [2.45, 2.75) is 11.8 Å². The van der Waals surface area contributed by atoms with E-state index in [-0.39, 0.29) is 19.1 Å². The Morgan fingerprint density at radius 1 is 1.03 bits per heavy atom. The van der Waals surface area contributed by atoms with Gasteiger partial charge in [-0.15, -0.1) is 0 Å². The van der Waals surface area contributed by atoms with Crippen molar-refractivity contribution in [1.82, 2.24) is 9.88 Å². The molecule has 0 saturated carbocycles. The monoisotopic (exact) mass is 407 g/mol. The number of amides is 1. The molecule has 2 saturated heterocycles. The van der Waals surface area contributed by atoms with Gasteiger partial charge in [0.05, 0.1) is 18.8 Å². The third kappa shape index (κ3) is 3.92. The number of carbonyl (C=O) groups excluding carboxylic acids is 1. The van der Waals surface area contributed by atoms with E-state index in [4.69, 9.17) is 4.74 Å². The average Bonchev–Trinajstić information content (AvgIpc) is 2.71. The molecule has 0 aliphatic carbocycles. The standard InChI is InChI=1S/C20H20F3N3O3/c21-20(22,23)16-5-6-17(24-11-16)25-7-9-26(10-8-25)18(27)14-1-3-15(4-2-14)19(28)12-29-13-19/h1-6,11,28H,7-10,12-13H2. The first-order chi connectivity index (χ1) is 13.8. The average molecular weight is 407 g/mol. The smallest absolute Gasteiger partial charge is 0.380 e. The molecule has 29 heavy (non-hydrogen) atoms. The predicted octanol–water partition coefficient (Wildman–Crippen LogP) is 2.28. The summed E-state index contributed by atoms with van der Waals surface area (Å²) >= 11 is 0. The molecule has 154 valence electrons. The summed E-state index contributed by atoms with van der Waals surface area (Å²) in [5, 5.41) is 10.3. The second-order valence-corrected chi connectivity index (χ2v) is 7.28. The minimum atomic E-state index is -4.41. The van der Waals surface area contributed by atoms with E-state index in [2.05, 4.69) is 4.98 Å². The molecule has 0 radical (unpaired) electrons. The Morgan fingerprint density at radius 2 is 1.69 bits per heavy atom. The van der Waals surface area contributed by atoms with E-state index in [0.29, 0.717) is 37.6 Å². The van der Waals surface area contributed by atoms with E-state index in [9.17, 15) is 23.1 Å². The maximum absolute atomic E-state index is 12.7. The zero-order valence-corrected chi connectivity index (χ0v) is 15.5. The molecule has 1 aromatic carbocycles. The number of anilines is 1. The molecule has 0 unspecified atom stereocenters. The summed E-state index contributed by atoms with van der Waals surface area (Å²) in [6, 6.07) is 9.22. The molecule has 4 rings (SSSR count). The Labute approximate surface area is 165 Å². The zero-order valence-electron chi connectivity index (χ0n) is 15.5. The van der Waals surface area contributed by atoms with Gasteiger partial charge in [0.2, 0.25) is 0 Å². The maximum atomic E-state index is 12.7. The number of halogens is 3. The fourth-order valence-corrected chi connectivity index (χ4v) is 3.45. The molecular formula is C20H20F3N3O3. The van der Waals surface area contributed by atoms with Crippen LogP contribution in [-0.4, -0.2) is 60.3 Å². The topological polar surface area (TPSA) is 65.9 Å². The molecule has 2 aliphatic heterocycles. The number of benzene rings is 1. The summed E-state index contributed by atoms with van der Waals surface area (Å²) in [7, 11) is 0. The first-order valence-corrected chi connectivity index (χ1v) is 9.24. The number of hydrogen-bond donors (Lipinski definition) is 1. The second-order valence-electron chi connectivity index (χ2n) is 7.28. The van der Waals surface area contributed by atoms with Crippen molar-refractivity contribution in [2.75, 3.05) is 44.3 Å². The van der Waals surface area contributed by atoms with Crippen molar-refractivity contribution >= 4 is 11.7 Å². The van der Waals surface area contributed by atoms with Gasteiger partial charge in [0, 0.05) is 37.9 Å². The largest absolute Gasteiger partial charge is 0.417 e. The number of piperazine rings is 1. The van der Waals surface area contributed by atoms with Gasteiger partial charge in [0.1, 0.15) is 11.4 Å². The zero-order chi connectivity index (χ0) is 20.6. The molecule has 6 nitrogen and oxygen atoms in total. The molecule has 1 aromatic heterocycles. The number of alkyl halides is 3. The van der Waals surface area contributed by atoms with Gasteiger partial charge in [-0.2, -0.15) is 13.2 Å². The van der Waals surface area contributed by atoms with Crippen LogP contribution in [0.3, 0.4) is 0 Å². The fourth-order valence-electron chi connectivity index (χ4n) is 3.45. The highest BCUT2D eigenvalue weighted by Gasteiger charge is 2.38. The van der Waals surface area contributed by atoms with Crippen LogP contribution < -0.4 is 4.90 Å². The molecule has 0 atom stereocenters. The highest BCUT2D eigenvalue weighted by atomic mass is 19.4. The highest BCUT2D eigenvalue weighted by molar-refractivity contribution is 5.94. The quantitative estimate of drug-likeness (QED) is 0.846. The Morgan fingerprint density at radius 3 is 2.17 bits per heavy atom. The van der Waals surface area contributed by atoms with E-state index < -0.39 is 17.3 Å². The van der Waals surface area contributed by atoms with E-state index in [1.807, 2.05) is 4.90 Å². The minimum Gasteiger partial charge on any atom is -0.380 e. The number of aromatic nitrogens is 1. The van der Waals surface area contributed by atoms with Crippen molar-refractivity contribution in [1.29, 1.82) is 0 Å². The first kappa shape index (κ1) is 19.7. The highest BCUT2D eigenvalue weighted by Crippen LogP contribution is 2.30. The lowest BCUT2D eigenvalue weighted by molar-refractivity contribution is -0.184. The van der Waals surface area contributed by atoms with Crippen LogP contribution >= 0.6 is 0 Å². The molecule has 9 heteroatoms. The van der Waals surface area contributed by atoms with Gasteiger partial charge in [0.25, 0.3) is 5.91 Å². The normalized spacial score (nSPS) is 19.0. The van der Waals surface area contributed by atoms with Gasteiger partial charge in [-0.25, -0.2) is 4.98 Å². The third-order valence-electron chi connectivity index (χ3n) is 5.32. The molecule has 0 spiro atoms. The number of aliphatic hydroxyl groups is 1. The lowest BCUT2D eigenvalue weighted by atomic mass is 9.91. The van der Waals surface area contributed by atoms with Crippen LogP contribution in [0.15, 0.2) is 42.6 Å². The van der Waals surface area contributed by atoms with Crippen LogP contribution in [0, 0.1) is 0 Å². The number of rotatable bonds is 3. The van der Waals surface area contributed by atoms with Crippen LogP contribution in [0.25, 0.3) is 0 Å². The van der Waals surface area contributed by atoms with Crippen molar-refractivity contribution in [2.24, 2.45) is 0 Å². The third-order valence-corrected chi connectivity index (χ3v) is 5.32.